The lowest BCUT2D eigenvalue weighted by Gasteiger charge is -2.09. The average molecular weight is 353 g/mol. The van der Waals surface area contributed by atoms with Crippen molar-refractivity contribution in [1.29, 1.82) is 0 Å². The SMILES string of the molecule is CC(=Cc1c(C)c(O)cc2c1[nH]c1c(O)ccc(CO)c12)CCC(C)C. The highest BCUT2D eigenvalue weighted by Crippen LogP contribution is 2.39. The molecule has 0 fully saturated rings. The molecule has 3 rings (SSSR count). The second-order valence-corrected chi connectivity index (χ2v) is 7.56. The third-order valence-electron chi connectivity index (χ3n) is 5.07. The zero-order valence-corrected chi connectivity index (χ0v) is 15.8. The van der Waals surface area contributed by atoms with E-state index in [1.54, 1.807) is 18.2 Å². The fourth-order valence-corrected chi connectivity index (χ4v) is 3.46. The number of aromatic hydroxyl groups is 2. The van der Waals surface area contributed by atoms with Crippen LogP contribution in [0.1, 0.15) is 50.3 Å². The first-order chi connectivity index (χ1) is 12.3. The molecule has 4 heteroatoms. The van der Waals surface area contributed by atoms with E-state index < -0.39 is 0 Å². The second kappa shape index (κ2) is 7.04. The van der Waals surface area contributed by atoms with Crippen molar-refractivity contribution in [2.24, 2.45) is 5.92 Å². The van der Waals surface area contributed by atoms with Gasteiger partial charge in [-0.15, -0.1) is 0 Å². The maximum absolute atomic E-state index is 10.5. The summed E-state index contributed by atoms with van der Waals surface area (Å²) >= 11 is 0. The predicted molar refractivity (Wildman–Crippen MR) is 108 cm³/mol. The van der Waals surface area contributed by atoms with Crippen LogP contribution in [-0.4, -0.2) is 20.3 Å². The van der Waals surface area contributed by atoms with Gasteiger partial charge in [0.1, 0.15) is 11.5 Å². The van der Waals surface area contributed by atoms with Crippen molar-refractivity contribution < 1.29 is 15.3 Å². The molecule has 4 nitrogen and oxygen atoms in total. The minimum absolute atomic E-state index is 0.128. The zero-order valence-electron chi connectivity index (χ0n) is 15.8. The van der Waals surface area contributed by atoms with Gasteiger partial charge in [-0.2, -0.15) is 0 Å². The molecule has 1 heterocycles. The van der Waals surface area contributed by atoms with E-state index in [4.69, 9.17) is 0 Å². The maximum Gasteiger partial charge on any atom is 0.139 e. The number of hydrogen-bond acceptors (Lipinski definition) is 3. The summed E-state index contributed by atoms with van der Waals surface area (Å²) in [5, 5.41) is 32.0. The molecule has 0 spiro atoms. The smallest absolute Gasteiger partial charge is 0.139 e. The number of rotatable bonds is 5. The van der Waals surface area contributed by atoms with Crippen molar-refractivity contribution in [2.75, 3.05) is 0 Å². The number of H-pyrrole nitrogens is 1. The lowest BCUT2D eigenvalue weighted by atomic mass is 9.97. The van der Waals surface area contributed by atoms with Gasteiger partial charge in [0, 0.05) is 21.9 Å². The first kappa shape index (κ1) is 18.3. The number of aromatic nitrogens is 1. The Morgan fingerprint density at radius 2 is 1.88 bits per heavy atom. The highest BCUT2D eigenvalue weighted by atomic mass is 16.3. The number of aromatic amines is 1. The Kier molecular flexibility index (Phi) is 4.97. The molecule has 4 N–H and O–H groups in total. The molecular weight excluding hydrogens is 326 g/mol. The maximum atomic E-state index is 10.5. The van der Waals surface area contributed by atoms with E-state index in [1.807, 2.05) is 6.92 Å². The molecule has 1 aromatic heterocycles. The lowest BCUT2D eigenvalue weighted by molar-refractivity contribution is 0.283. The van der Waals surface area contributed by atoms with Gasteiger partial charge in [-0.3, -0.25) is 0 Å². The molecule has 0 amide bonds. The summed E-state index contributed by atoms with van der Waals surface area (Å²) in [5.41, 5.74) is 5.16. The molecule has 0 aliphatic heterocycles. The number of nitrogens with one attached hydrogen (secondary N) is 1. The number of aliphatic hydroxyl groups is 1. The van der Waals surface area contributed by atoms with E-state index in [2.05, 4.69) is 31.8 Å². The van der Waals surface area contributed by atoms with Crippen molar-refractivity contribution in [1.82, 2.24) is 4.98 Å². The Balaban J connectivity index is 2.29. The van der Waals surface area contributed by atoms with E-state index in [0.717, 1.165) is 45.8 Å². The average Bonchev–Trinajstić information content (AvgIpc) is 2.98. The van der Waals surface area contributed by atoms with Crippen LogP contribution in [0.2, 0.25) is 0 Å². The van der Waals surface area contributed by atoms with E-state index >= 15 is 0 Å². The van der Waals surface area contributed by atoms with Gasteiger partial charge in [-0.1, -0.05) is 31.6 Å². The van der Waals surface area contributed by atoms with Gasteiger partial charge in [-0.25, -0.2) is 0 Å². The van der Waals surface area contributed by atoms with Crippen LogP contribution in [0, 0.1) is 12.8 Å². The molecule has 0 aliphatic rings. The normalized spacial score (nSPS) is 12.6. The van der Waals surface area contributed by atoms with Crippen LogP contribution in [-0.2, 0) is 6.61 Å². The number of phenols is 2. The number of phenolic OH excluding ortho intramolecular Hbond substituents is 2. The monoisotopic (exact) mass is 353 g/mol. The summed E-state index contributed by atoms with van der Waals surface area (Å²) in [5.74, 6) is 0.992. The number of fused-ring (bicyclic) bond motifs is 3. The molecule has 0 atom stereocenters. The Bertz CT molecular complexity index is 996. The molecule has 138 valence electrons. The van der Waals surface area contributed by atoms with Crippen molar-refractivity contribution in [3.8, 4) is 11.5 Å². The summed E-state index contributed by atoms with van der Waals surface area (Å²) in [6.45, 7) is 8.30. The Morgan fingerprint density at radius 1 is 1.15 bits per heavy atom. The number of allylic oxidation sites excluding steroid dienone is 1. The molecular formula is C22H27NO3. The number of aliphatic hydroxyl groups excluding tert-OH is 1. The Labute approximate surface area is 153 Å². The van der Waals surface area contributed by atoms with Gasteiger partial charge in [0.05, 0.1) is 17.6 Å². The molecule has 0 radical (unpaired) electrons. The fraction of sp³-hybridized carbons (Fsp3) is 0.364. The van der Waals surface area contributed by atoms with Crippen LogP contribution < -0.4 is 0 Å². The molecule has 0 saturated heterocycles. The Morgan fingerprint density at radius 3 is 2.54 bits per heavy atom. The molecule has 0 aliphatic carbocycles. The predicted octanol–water partition coefficient (Wildman–Crippen LogP) is 5.37. The molecule has 0 unspecified atom stereocenters. The minimum Gasteiger partial charge on any atom is -0.508 e. The zero-order chi connectivity index (χ0) is 19.0. The highest BCUT2D eigenvalue weighted by Gasteiger charge is 2.17. The first-order valence-corrected chi connectivity index (χ1v) is 9.10. The van der Waals surface area contributed by atoms with Crippen LogP contribution in [0.25, 0.3) is 27.9 Å². The van der Waals surface area contributed by atoms with Crippen LogP contribution in [0.5, 0.6) is 11.5 Å². The van der Waals surface area contributed by atoms with E-state index in [9.17, 15) is 15.3 Å². The first-order valence-electron chi connectivity index (χ1n) is 9.10. The van der Waals surface area contributed by atoms with Crippen molar-refractivity contribution in [3.63, 3.8) is 0 Å². The Hall–Kier alpha value is -2.46. The molecule has 3 aromatic rings. The van der Waals surface area contributed by atoms with Crippen molar-refractivity contribution in [2.45, 2.75) is 47.1 Å². The summed E-state index contributed by atoms with van der Waals surface area (Å²) in [6, 6.07) is 5.01. The topological polar surface area (TPSA) is 76.5 Å². The van der Waals surface area contributed by atoms with E-state index in [0.29, 0.717) is 11.4 Å². The minimum atomic E-state index is -0.128. The van der Waals surface area contributed by atoms with Gasteiger partial charge in [0.25, 0.3) is 0 Å². The van der Waals surface area contributed by atoms with Gasteiger partial charge >= 0.3 is 0 Å². The summed E-state index contributed by atoms with van der Waals surface area (Å²) in [4.78, 5) is 3.31. The summed E-state index contributed by atoms with van der Waals surface area (Å²) in [6.07, 6.45) is 4.23. The quantitative estimate of drug-likeness (QED) is 0.498. The van der Waals surface area contributed by atoms with E-state index in [-0.39, 0.29) is 18.1 Å². The number of benzene rings is 2. The third kappa shape index (κ3) is 3.17. The third-order valence-corrected chi connectivity index (χ3v) is 5.07. The van der Waals surface area contributed by atoms with Gasteiger partial charge in [-0.05, 0) is 50.3 Å². The molecule has 0 bridgehead atoms. The van der Waals surface area contributed by atoms with Gasteiger partial charge in [0.2, 0.25) is 0 Å². The summed E-state index contributed by atoms with van der Waals surface area (Å²) < 4.78 is 0. The lowest BCUT2D eigenvalue weighted by Crippen LogP contribution is -1.90. The van der Waals surface area contributed by atoms with Gasteiger partial charge < -0.3 is 20.3 Å². The van der Waals surface area contributed by atoms with Gasteiger partial charge in [0.15, 0.2) is 0 Å². The molecule has 2 aromatic carbocycles. The summed E-state index contributed by atoms with van der Waals surface area (Å²) in [7, 11) is 0. The van der Waals surface area contributed by atoms with Crippen molar-refractivity contribution in [3.05, 3.63) is 40.5 Å². The fourth-order valence-electron chi connectivity index (χ4n) is 3.46. The number of hydrogen-bond donors (Lipinski definition) is 4. The second-order valence-electron chi connectivity index (χ2n) is 7.56. The van der Waals surface area contributed by atoms with Crippen LogP contribution >= 0.6 is 0 Å². The van der Waals surface area contributed by atoms with Crippen LogP contribution in [0.15, 0.2) is 23.8 Å². The largest absolute Gasteiger partial charge is 0.508 e. The van der Waals surface area contributed by atoms with E-state index in [1.165, 1.54) is 5.57 Å². The van der Waals surface area contributed by atoms with Crippen LogP contribution in [0.3, 0.4) is 0 Å². The highest BCUT2D eigenvalue weighted by molar-refractivity contribution is 6.13. The standard InChI is InChI=1S/C22H27NO3/c1-12(2)5-6-13(3)9-16-14(4)19(26)10-17-20-15(11-24)7-8-18(25)22(20)23-21(16)17/h7-10,12,23-26H,5-6,11H2,1-4H3. The molecule has 26 heavy (non-hydrogen) atoms. The van der Waals surface area contributed by atoms with Crippen molar-refractivity contribution >= 4 is 27.9 Å². The molecule has 0 saturated carbocycles. The van der Waals surface area contributed by atoms with Crippen LogP contribution in [0.4, 0.5) is 0 Å².